The number of nitrogens with two attached hydrogens (primary N) is 1. The monoisotopic (exact) mass is 229 g/mol. The van der Waals surface area contributed by atoms with Crippen molar-refractivity contribution >= 4 is 11.6 Å². The van der Waals surface area contributed by atoms with Gasteiger partial charge in [-0.3, -0.25) is 0 Å². The van der Waals surface area contributed by atoms with Crippen LogP contribution in [0.2, 0.25) is 5.02 Å². The van der Waals surface area contributed by atoms with Crippen LogP contribution in [0.15, 0.2) is 12.1 Å². The van der Waals surface area contributed by atoms with Crippen LogP contribution in [0.1, 0.15) is 18.4 Å². The van der Waals surface area contributed by atoms with E-state index in [1.165, 1.54) is 13.2 Å². The molecule has 4 heteroatoms. The van der Waals surface area contributed by atoms with Crippen molar-refractivity contribution in [3.8, 4) is 5.75 Å². The van der Waals surface area contributed by atoms with Crippen molar-refractivity contribution in [2.24, 2.45) is 5.73 Å². The van der Waals surface area contributed by atoms with E-state index in [0.29, 0.717) is 22.9 Å². The van der Waals surface area contributed by atoms with Gasteiger partial charge in [0.15, 0.2) is 0 Å². The van der Waals surface area contributed by atoms with Gasteiger partial charge in [0.05, 0.1) is 12.1 Å². The number of rotatable bonds is 3. The van der Waals surface area contributed by atoms with Crippen LogP contribution in [0.4, 0.5) is 4.39 Å². The second-order valence-corrected chi connectivity index (χ2v) is 4.36. The first-order valence-corrected chi connectivity index (χ1v) is 5.24. The van der Waals surface area contributed by atoms with Gasteiger partial charge in [-0.05, 0) is 18.9 Å². The third-order valence-corrected chi connectivity index (χ3v) is 3.32. The molecule has 1 aliphatic carbocycles. The summed E-state index contributed by atoms with van der Waals surface area (Å²) in [7, 11) is 1.49. The summed E-state index contributed by atoms with van der Waals surface area (Å²) in [4.78, 5) is 0. The number of benzene rings is 1. The molecule has 2 rings (SSSR count). The lowest BCUT2D eigenvalue weighted by molar-refractivity contribution is 0.410. The maximum Gasteiger partial charge on any atom is 0.132 e. The van der Waals surface area contributed by atoms with Crippen LogP contribution in [0, 0.1) is 5.82 Å². The van der Waals surface area contributed by atoms with Gasteiger partial charge in [-0.1, -0.05) is 11.6 Å². The fourth-order valence-corrected chi connectivity index (χ4v) is 2.28. The minimum Gasteiger partial charge on any atom is -0.497 e. The number of halogens is 2. The highest BCUT2D eigenvalue weighted by Gasteiger charge is 2.46. The molecule has 1 aromatic carbocycles. The third-order valence-electron chi connectivity index (χ3n) is 3.03. The predicted octanol–water partition coefficient (Wildman–Crippen LogP) is 2.48. The molecule has 0 radical (unpaired) electrons. The molecule has 2 N–H and O–H groups in total. The Hall–Kier alpha value is -0.800. The first-order valence-electron chi connectivity index (χ1n) is 4.86. The van der Waals surface area contributed by atoms with Gasteiger partial charge in [-0.15, -0.1) is 0 Å². The first kappa shape index (κ1) is 10.7. The maximum atomic E-state index is 13.8. The fraction of sp³-hybridized carbons (Fsp3) is 0.455. The number of hydrogen-bond donors (Lipinski definition) is 1. The van der Waals surface area contributed by atoms with Crippen molar-refractivity contribution in [3.63, 3.8) is 0 Å². The predicted molar refractivity (Wildman–Crippen MR) is 57.9 cm³/mol. The first-order chi connectivity index (χ1) is 7.13. The number of methoxy groups -OCH3 is 1. The van der Waals surface area contributed by atoms with Gasteiger partial charge in [-0.25, -0.2) is 4.39 Å². The molecule has 0 amide bonds. The van der Waals surface area contributed by atoms with Gasteiger partial charge in [0.1, 0.15) is 11.6 Å². The highest BCUT2D eigenvalue weighted by atomic mass is 35.5. The lowest BCUT2D eigenvalue weighted by atomic mass is 9.95. The lowest BCUT2D eigenvalue weighted by Gasteiger charge is -2.16. The van der Waals surface area contributed by atoms with E-state index >= 15 is 0 Å². The Morgan fingerprint density at radius 2 is 2.20 bits per heavy atom. The Morgan fingerprint density at radius 1 is 1.53 bits per heavy atom. The molecule has 1 fully saturated rings. The third kappa shape index (κ3) is 1.70. The van der Waals surface area contributed by atoms with Gasteiger partial charge in [0, 0.05) is 23.6 Å². The molecule has 2 nitrogen and oxygen atoms in total. The summed E-state index contributed by atoms with van der Waals surface area (Å²) >= 11 is 6.04. The maximum absolute atomic E-state index is 13.8. The number of hydrogen-bond acceptors (Lipinski definition) is 2. The quantitative estimate of drug-likeness (QED) is 0.864. The van der Waals surface area contributed by atoms with E-state index in [2.05, 4.69) is 0 Å². The molecule has 0 aromatic heterocycles. The number of ether oxygens (including phenoxy) is 1. The van der Waals surface area contributed by atoms with Gasteiger partial charge < -0.3 is 10.5 Å². The van der Waals surface area contributed by atoms with Crippen molar-refractivity contribution in [3.05, 3.63) is 28.5 Å². The molecule has 1 saturated carbocycles. The molecule has 1 aromatic rings. The van der Waals surface area contributed by atoms with Crippen LogP contribution < -0.4 is 10.5 Å². The highest BCUT2D eigenvalue weighted by molar-refractivity contribution is 6.31. The average molecular weight is 230 g/mol. The normalized spacial score (nSPS) is 17.6. The molecule has 0 unspecified atom stereocenters. The molecule has 0 spiro atoms. The van der Waals surface area contributed by atoms with Crippen LogP contribution in [0.5, 0.6) is 5.75 Å². The molecule has 0 aliphatic heterocycles. The van der Waals surface area contributed by atoms with E-state index in [0.717, 1.165) is 12.8 Å². The summed E-state index contributed by atoms with van der Waals surface area (Å²) in [5.41, 5.74) is 5.97. The molecular formula is C11H13ClFNO. The van der Waals surface area contributed by atoms with Crippen LogP contribution >= 0.6 is 11.6 Å². The summed E-state index contributed by atoms with van der Waals surface area (Å²) < 4.78 is 18.7. The van der Waals surface area contributed by atoms with E-state index in [9.17, 15) is 4.39 Å². The van der Waals surface area contributed by atoms with Crippen LogP contribution in [-0.2, 0) is 5.41 Å². The van der Waals surface area contributed by atoms with E-state index in [1.54, 1.807) is 6.07 Å². The Bertz CT molecular complexity index is 367. The zero-order chi connectivity index (χ0) is 11.1. The van der Waals surface area contributed by atoms with Crippen molar-refractivity contribution in [2.75, 3.05) is 13.7 Å². The van der Waals surface area contributed by atoms with Crippen LogP contribution in [0.3, 0.4) is 0 Å². The van der Waals surface area contributed by atoms with Crippen LogP contribution in [-0.4, -0.2) is 13.7 Å². The second-order valence-electron chi connectivity index (χ2n) is 3.95. The summed E-state index contributed by atoms with van der Waals surface area (Å²) in [5, 5.41) is 0.412. The highest BCUT2D eigenvalue weighted by Crippen LogP contribution is 2.51. The topological polar surface area (TPSA) is 35.2 Å². The zero-order valence-electron chi connectivity index (χ0n) is 8.52. The van der Waals surface area contributed by atoms with Crippen molar-refractivity contribution in [1.29, 1.82) is 0 Å². The van der Waals surface area contributed by atoms with Gasteiger partial charge >= 0.3 is 0 Å². The van der Waals surface area contributed by atoms with E-state index < -0.39 is 0 Å². The summed E-state index contributed by atoms with van der Waals surface area (Å²) in [6, 6.07) is 2.99. The molecule has 15 heavy (non-hydrogen) atoms. The fourth-order valence-electron chi connectivity index (χ4n) is 1.88. The molecule has 0 atom stereocenters. The Morgan fingerprint density at radius 3 is 2.60 bits per heavy atom. The van der Waals surface area contributed by atoms with Gasteiger partial charge in [0.25, 0.3) is 0 Å². The van der Waals surface area contributed by atoms with Crippen molar-refractivity contribution < 1.29 is 9.13 Å². The average Bonchev–Trinajstić information content (AvgIpc) is 2.97. The lowest BCUT2D eigenvalue weighted by Crippen LogP contribution is -2.21. The standard InChI is InChI=1S/C11H13ClFNO/c1-15-7-4-8(12)10(9(13)5-7)11(6-14)2-3-11/h4-5H,2-3,6,14H2,1H3. The van der Waals surface area contributed by atoms with Crippen molar-refractivity contribution in [1.82, 2.24) is 0 Å². The molecule has 0 heterocycles. The molecule has 0 saturated heterocycles. The SMILES string of the molecule is COc1cc(F)c(C2(CN)CC2)c(Cl)c1. The minimum atomic E-state index is -0.317. The Labute approximate surface area is 93.2 Å². The minimum absolute atomic E-state index is 0.229. The van der Waals surface area contributed by atoms with E-state index in [-0.39, 0.29) is 11.2 Å². The summed E-state index contributed by atoms with van der Waals surface area (Å²) in [6.45, 7) is 0.440. The molecule has 1 aliphatic rings. The zero-order valence-corrected chi connectivity index (χ0v) is 9.27. The summed E-state index contributed by atoms with van der Waals surface area (Å²) in [6.07, 6.45) is 1.82. The van der Waals surface area contributed by atoms with E-state index in [1.807, 2.05) is 0 Å². The van der Waals surface area contributed by atoms with Gasteiger partial charge in [-0.2, -0.15) is 0 Å². The van der Waals surface area contributed by atoms with Crippen molar-refractivity contribution in [2.45, 2.75) is 18.3 Å². The largest absolute Gasteiger partial charge is 0.497 e. The second kappa shape index (κ2) is 3.65. The summed E-state index contributed by atoms with van der Waals surface area (Å²) in [5.74, 6) is 0.122. The molecule has 0 bridgehead atoms. The Kier molecular flexibility index (Phi) is 2.61. The van der Waals surface area contributed by atoms with E-state index in [4.69, 9.17) is 22.1 Å². The molecular weight excluding hydrogens is 217 g/mol. The molecule has 82 valence electrons. The van der Waals surface area contributed by atoms with Crippen LogP contribution in [0.25, 0.3) is 0 Å². The Balaban J connectivity index is 2.48. The van der Waals surface area contributed by atoms with Gasteiger partial charge in [0.2, 0.25) is 0 Å². The smallest absolute Gasteiger partial charge is 0.132 e.